The molecule has 0 aliphatic rings. The van der Waals surface area contributed by atoms with Crippen molar-refractivity contribution in [3.63, 3.8) is 0 Å². The van der Waals surface area contributed by atoms with E-state index in [1.54, 1.807) is 6.07 Å². The van der Waals surface area contributed by atoms with Gasteiger partial charge in [-0.2, -0.15) is 4.98 Å². The zero-order chi connectivity index (χ0) is 14.7. The summed E-state index contributed by atoms with van der Waals surface area (Å²) in [6.45, 7) is 0.527. The first-order valence-corrected chi connectivity index (χ1v) is 6.36. The van der Waals surface area contributed by atoms with Gasteiger partial charge in [0, 0.05) is 18.4 Å². The van der Waals surface area contributed by atoms with Crippen LogP contribution < -0.4 is 5.32 Å². The quantitative estimate of drug-likeness (QED) is 0.738. The Morgan fingerprint density at radius 1 is 1.33 bits per heavy atom. The zero-order valence-corrected chi connectivity index (χ0v) is 11.0. The number of hydrogen-bond donors (Lipinski definition) is 2. The number of anilines is 1. The molecule has 106 valence electrons. The first-order valence-electron chi connectivity index (χ1n) is 6.36. The second-order valence-corrected chi connectivity index (χ2v) is 4.41. The molecule has 7 heteroatoms. The van der Waals surface area contributed by atoms with Crippen molar-refractivity contribution in [1.82, 2.24) is 15.1 Å². The van der Waals surface area contributed by atoms with Gasteiger partial charge in [0.15, 0.2) is 11.5 Å². The van der Waals surface area contributed by atoms with Crippen LogP contribution in [-0.2, 0) is 6.42 Å². The van der Waals surface area contributed by atoms with Gasteiger partial charge in [0.05, 0.1) is 0 Å². The van der Waals surface area contributed by atoms with Crippen molar-refractivity contribution in [2.24, 2.45) is 0 Å². The van der Waals surface area contributed by atoms with Gasteiger partial charge in [0.1, 0.15) is 5.82 Å². The largest absolute Gasteiger partial charge is 0.477 e. The summed E-state index contributed by atoms with van der Waals surface area (Å²) in [7, 11) is 0. The minimum atomic E-state index is -1.05. The van der Waals surface area contributed by atoms with Crippen molar-refractivity contribution in [2.45, 2.75) is 6.42 Å². The minimum absolute atomic E-state index is 0.00996. The van der Waals surface area contributed by atoms with Crippen molar-refractivity contribution in [3.05, 3.63) is 48.2 Å². The predicted octanol–water partition coefficient (Wildman–Crippen LogP) is 1.97. The molecule has 0 aliphatic heterocycles. The average molecular weight is 284 g/mol. The van der Waals surface area contributed by atoms with E-state index in [1.165, 1.54) is 6.39 Å². The van der Waals surface area contributed by atoms with Crippen LogP contribution in [-0.4, -0.2) is 32.7 Å². The molecule has 2 N–H and O–H groups in total. The van der Waals surface area contributed by atoms with Crippen molar-refractivity contribution in [3.8, 4) is 0 Å². The van der Waals surface area contributed by atoms with Crippen LogP contribution in [0.3, 0.4) is 0 Å². The number of nitrogens with zero attached hydrogens (tertiary/aromatic N) is 3. The number of pyridine rings is 1. The second-order valence-electron chi connectivity index (χ2n) is 4.41. The van der Waals surface area contributed by atoms with Crippen LogP contribution in [0.1, 0.15) is 16.3 Å². The van der Waals surface area contributed by atoms with Crippen molar-refractivity contribution in [1.29, 1.82) is 0 Å². The molecule has 0 atom stereocenters. The highest BCUT2D eigenvalue weighted by Crippen LogP contribution is 2.22. The first kappa shape index (κ1) is 13.0. The fourth-order valence-electron chi connectivity index (χ4n) is 2.04. The highest BCUT2D eigenvalue weighted by molar-refractivity contribution is 5.97. The summed E-state index contributed by atoms with van der Waals surface area (Å²) in [5.74, 6) is 0.0668. The number of aromatic nitrogens is 3. The Hall–Kier alpha value is -2.96. The molecule has 0 saturated heterocycles. The monoisotopic (exact) mass is 284 g/mol. The molecule has 2 heterocycles. The van der Waals surface area contributed by atoms with E-state index >= 15 is 0 Å². The Bertz CT molecular complexity index is 771. The van der Waals surface area contributed by atoms with Crippen LogP contribution in [0, 0.1) is 0 Å². The number of rotatable bonds is 5. The molecule has 7 nitrogen and oxygen atoms in total. The third kappa shape index (κ3) is 2.81. The highest BCUT2D eigenvalue weighted by Gasteiger charge is 2.10. The number of nitrogens with one attached hydrogen (secondary N) is 1. The molecule has 1 aromatic carbocycles. The summed E-state index contributed by atoms with van der Waals surface area (Å²) in [5, 5.41) is 17.7. The molecule has 2 aromatic heterocycles. The lowest BCUT2D eigenvalue weighted by atomic mass is 10.1. The number of carbonyl (C=O) groups is 1. The van der Waals surface area contributed by atoms with Gasteiger partial charge in [0.2, 0.25) is 6.39 Å². The predicted molar refractivity (Wildman–Crippen MR) is 75.2 cm³/mol. The van der Waals surface area contributed by atoms with Crippen molar-refractivity contribution in [2.75, 3.05) is 11.9 Å². The van der Waals surface area contributed by atoms with Crippen molar-refractivity contribution >= 4 is 22.6 Å². The van der Waals surface area contributed by atoms with Crippen LogP contribution in [0.15, 0.2) is 41.2 Å². The number of carboxylic acids is 1. The Morgan fingerprint density at radius 3 is 2.95 bits per heavy atom. The summed E-state index contributed by atoms with van der Waals surface area (Å²) in [6, 6.07) is 9.05. The topological polar surface area (TPSA) is 101 Å². The Balaban J connectivity index is 1.87. The molecule has 0 unspecified atom stereocenters. The number of hydrogen-bond acceptors (Lipinski definition) is 6. The fraction of sp³-hybridized carbons (Fsp3) is 0.143. The van der Waals surface area contributed by atoms with E-state index in [0.717, 1.165) is 10.8 Å². The van der Waals surface area contributed by atoms with Crippen LogP contribution in [0.25, 0.3) is 10.8 Å². The maximum atomic E-state index is 11.1. The van der Waals surface area contributed by atoms with Crippen molar-refractivity contribution < 1.29 is 14.4 Å². The normalized spacial score (nSPS) is 10.7. The summed E-state index contributed by atoms with van der Waals surface area (Å²) < 4.78 is 4.66. The number of carboxylic acid groups (broad SMARTS) is 1. The van der Waals surface area contributed by atoms with Crippen LogP contribution in [0.5, 0.6) is 0 Å². The van der Waals surface area contributed by atoms with Crippen LogP contribution in [0.2, 0.25) is 0 Å². The Labute approximate surface area is 119 Å². The van der Waals surface area contributed by atoms with Crippen LogP contribution in [0.4, 0.5) is 5.82 Å². The van der Waals surface area contributed by atoms with E-state index in [0.29, 0.717) is 24.6 Å². The number of fused-ring (bicyclic) bond motifs is 1. The van der Waals surface area contributed by atoms with E-state index in [4.69, 9.17) is 5.11 Å². The van der Waals surface area contributed by atoms with Gasteiger partial charge in [-0.3, -0.25) is 0 Å². The van der Waals surface area contributed by atoms with Gasteiger partial charge in [-0.05, 0) is 11.5 Å². The second kappa shape index (κ2) is 5.58. The lowest BCUT2D eigenvalue weighted by Crippen LogP contribution is -2.10. The van der Waals surface area contributed by atoms with E-state index in [9.17, 15) is 4.79 Å². The summed E-state index contributed by atoms with van der Waals surface area (Å²) in [6.07, 6.45) is 1.83. The molecule has 0 bridgehead atoms. The standard InChI is InChI=1S/C14H12N4O3/c19-14(20)11-7-9-3-1-2-4-10(9)13(17-11)15-6-5-12-16-8-21-18-12/h1-4,7-8H,5-6H2,(H,15,17)(H,19,20). The van der Waals surface area contributed by atoms with Gasteiger partial charge in [-0.1, -0.05) is 29.4 Å². The molecule has 0 fully saturated rings. The molecular formula is C14H12N4O3. The molecule has 0 amide bonds. The lowest BCUT2D eigenvalue weighted by Gasteiger charge is -2.09. The lowest BCUT2D eigenvalue weighted by molar-refractivity contribution is 0.0691. The molecule has 0 radical (unpaired) electrons. The van der Waals surface area contributed by atoms with E-state index in [-0.39, 0.29) is 5.69 Å². The summed E-state index contributed by atoms with van der Waals surface area (Å²) in [5.41, 5.74) is 0.00996. The number of benzene rings is 1. The summed E-state index contributed by atoms with van der Waals surface area (Å²) in [4.78, 5) is 19.2. The molecule has 21 heavy (non-hydrogen) atoms. The van der Waals surface area contributed by atoms with Crippen LogP contribution >= 0.6 is 0 Å². The molecule has 3 rings (SSSR count). The fourth-order valence-corrected chi connectivity index (χ4v) is 2.04. The number of aromatic carboxylic acids is 1. The highest BCUT2D eigenvalue weighted by atomic mass is 16.5. The Kier molecular flexibility index (Phi) is 3.46. The van der Waals surface area contributed by atoms with Gasteiger partial charge in [-0.25, -0.2) is 9.78 Å². The molecule has 3 aromatic rings. The van der Waals surface area contributed by atoms with Gasteiger partial charge >= 0.3 is 5.97 Å². The average Bonchev–Trinajstić information content (AvgIpc) is 3.00. The van der Waals surface area contributed by atoms with E-state index < -0.39 is 5.97 Å². The van der Waals surface area contributed by atoms with E-state index in [1.807, 2.05) is 24.3 Å². The maximum Gasteiger partial charge on any atom is 0.354 e. The third-order valence-corrected chi connectivity index (χ3v) is 3.01. The third-order valence-electron chi connectivity index (χ3n) is 3.01. The molecular weight excluding hydrogens is 272 g/mol. The zero-order valence-electron chi connectivity index (χ0n) is 11.0. The van der Waals surface area contributed by atoms with Gasteiger partial charge in [-0.15, -0.1) is 0 Å². The smallest absolute Gasteiger partial charge is 0.354 e. The molecule has 0 spiro atoms. The molecule has 0 aliphatic carbocycles. The van der Waals surface area contributed by atoms with E-state index in [2.05, 4.69) is 25.0 Å². The molecule has 0 saturated carbocycles. The SMILES string of the molecule is O=C(O)c1cc2ccccc2c(NCCc2ncon2)n1. The maximum absolute atomic E-state index is 11.1. The van der Waals surface area contributed by atoms with Gasteiger partial charge < -0.3 is 14.9 Å². The minimum Gasteiger partial charge on any atom is -0.477 e. The van der Waals surface area contributed by atoms with Gasteiger partial charge in [0.25, 0.3) is 0 Å². The summed E-state index contributed by atoms with van der Waals surface area (Å²) >= 11 is 0. The first-order chi connectivity index (χ1) is 10.2. The Morgan fingerprint density at radius 2 is 2.19 bits per heavy atom.